The summed E-state index contributed by atoms with van der Waals surface area (Å²) >= 11 is 12.3. The maximum absolute atomic E-state index is 13.2. The molecule has 3 aromatic rings. The number of hydrogen-bond donors (Lipinski definition) is 2. The molecule has 0 aliphatic rings. The highest BCUT2D eigenvalue weighted by Gasteiger charge is 2.27. The van der Waals surface area contributed by atoms with Crippen LogP contribution in [-0.2, 0) is 16.0 Å². The molecule has 2 amide bonds. The van der Waals surface area contributed by atoms with Crippen LogP contribution in [0.2, 0.25) is 10.0 Å². The lowest BCUT2D eigenvalue weighted by atomic mass is 9.91. The summed E-state index contributed by atoms with van der Waals surface area (Å²) in [5.74, 6) is -1.78. The third-order valence-corrected chi connectivity index (χ3v) is 6.91. The van der Waals surface area contributed by atoms with Crippen molar-refractivity contribution in [3.63, 3.8) is 0 Å². The lowest BCUT2D eigenvalue weighted by Crippen LogP contribution is -2.37. The highest BCUT2D eigenvalue weighted by Crippen LogP contribution is 2.35. The van der Waals surface area contributed by atoms with E-state index in [2.05, 4.69) is 10.3 Å². The molecule has 2 N–H and O–H groups in total. The number of carboxylic acids is 1. The van der Waals surface area contributed by atoms with E-state index in [9.17, 15) is 19.5 Å². The number of nitrogens with zero attached hydrogens (tertiary/aromatic N) is 2. The molecular weight excluding hydrogens is 565 g/mol. The first-order chi connectivity index (χ1) is 19.4. The Hall–Kier alpha value is -3.62. The Labute approximate surface area is 250 Å². The molecule has 1 aromatic heterocycles. The second kappa shape index (κ2) is 14.3. The Kier molecular flexibility index (Phi) is 11.1. The van der Waals surface area contributed by atoms with Crippen molar-refractivity contribution in [1.82, 2.24) is 4.98 Å². The van der Waals surface area contributed by atoms with Gasteiger partial charge in [0.1, 0.15) is 11.6 Å². The quantitative estimate of drug-likeness (QED) is 0.230. The van der Waals surface area contributed by atoms with Gasteiger partial charge in [0.25, 0.3) is 5.91 Å². The number of carbonyl (C=O) groups excluding carboxylic acids is 2. The van der Waals surface area contributed by atoms with Crippen LogP contribution < -0.4 is 15.0 Å². The average Bonchev–Trinajstić information content (AvgIpc) is 2.91. The topological polar surface area (TPSA) is 109 Å². The van der Waals surface area contributed by atoms with Crippen LogP contribution in [0.15, 0.2) is 54.7 Å². The van der Waals surface area contributed by atoms with E-state index in [0.29, 0.717) is 35.7 Å². The van der Waals surface area contributed by atoms with E-state index in [1.54, 1.807) is 53.4 Å². The van der Waals surface area contributed by atoms with Crippen LogP contribution in [0.25, 0.3) is 0 Å². The molecule has 0 saturated carbocycles. The number of halogens is 2. The first kappa shape index (κ1) is 31.9. The van der Waals surface area contributed by atoms with Crippen LogP contribution >= 0.6 is 23.2 Å². The monoisotopic (exact) mass is 599 g/mol. The molecule has 0 aliphatic carbocycles. The molecule has 8 nitrogen and oxygen atoms in total. The van der Waals surface area contributed by atoms with Crippen LogP contribution in [0.1, 0.15) is 62.0 Å². The zero-order valence-corrected chi connectivity index (χ0v) is 25.3. The summed E-state index contributed by atoms with van der Waals surface area (Å²) in [5.41, 5.74) is 1.88. The Balaban J connectivity index is 1.89. The number of carbonyl (C=O) groups is 3. The van der Waals surface area contributed by atoms with Gasteiger partial charge in [-0.2, -0.15) is 0 Å². The van der Waals surface area contributed by atoms with Gasteiger partial charge >= 0.3 is 5.97 Å². The van der Waals surface area contributed by atoms with Crippen molar-refractivity contribution in [3.8, 4) is 5.75 Å². The van der Waals surface area contributed by atoms with E-state index in [-0.39, 0.29) is 45.6 Å². The summed E-state index contributed by atoms with van der Waals surface area (Å²) in [6, 6.07) is 13.3. The van der Waals surface area contributed by atoms with Gasteiger partial charge < -0.3 is 20.1 Å². The maximum Gasteiger partial charge on any atom is 0.311 e. The van der Waals surface area contributed by atoms with Gasteiger partial charge in [0, 0.05) is 18.7 Å². The number of pyridine rings is 1. The highest BCUT2D eigenvalue weighted by atomic mass is 35.5. The third-order valence-electron chi connectivity index (χ3n) is 6.28. The van der Waals surface area contributed by atoms with E-state index in [0.717, 1.165) is 0 Å². The van der Waals surface area contributed by atoms with Crippen LogP contribution in [0.5, 0.6) is 5.75 Å². The Morgan fingerprint density at radius 2 is 1.71 bits per heavy atom. The molecule has 2 aromatic carbocycles. The lowest BCUT2D eigenvalue weighted by Gasteiger charge is -2.29. The maximum atomic E-state index is 13.2. The van der Waals surface area contributed by atoms with Gasteiger partial charge in [0.05, 0.1) is 33.8 Å². The lowest BCUT2D eigenvalue weighted by molar-refractivity contribution is -0.138. The van der Waals surface area contributed by atoms with Gasteiger partial charge in [0.2, 0.25) is 5.91 Å². The predicted octanol–water partition coefficient (Wildman–Crippen LogP) is 7.10. The summed E-state index contributed by atoms with van der Waals surface area (Å²) < 4.78 is 5.83. The van der Waals surface area contributed by atoms with Crippen LogP contribution in [-0.4, -0.2) is 41.0 Å². The number of benzene rings is 2. The summed E-state index contributed by atoms with van der Waals surface area (Å²) in [6.45, 7) is 10.4. The van der Waals surface area contributed by atoms with E-state index in [1.165, 1.54) is 6.20 Å². The minimum Gasteiger partial charge on any atom is -0.492 e. The van der Waals surface area contributed by atoms with Crippen molar-refractivity contribution >= 4 is 52.5 Å². The number of carboxylic acid groups (broad SMARTS) is 1. The molecule has 0 bridgehead atoms. The number of nitrogens with one attached hydrogen (secondary N) is 1. The Morgan fingerprint density at radius 1 is 1.02 bits per heavy atom. The molecule has 0 radical (unpaired) electrons. The van der Waals surface area contributed by atoms with Crippen molar-refractivity contribution in [2.24, 2.45) is 11.8 Å². The number of anilines is 2. The standard InChI is InChI=1S/C31H35Cl2N3O5/c1-6-41-26-12-11-21(15-25(26)36(17-18(2)3)30(38)19(4)5)22(31(39)40)14-20-10-13-27(34-16-20)35-29(37)28-23(32)8-7-9-24(28)33/h7-13,15-16,18-19,22H,6,14,17H2,1-5H3,(H,39,40)(H,34,35,37). The first-order valence-electron chi connectivity index (χ1n) is 13.4. The van der Waals surface area contributed by atoms with E-state index in [4.69, 9.17) is 27.9 Å². The minimum absolute atomic E-state index is 0.0661. The number of rotatable bonds is 12. The largest absolute Gasteiger partial charge is 0.492 e. The number of hydrogen-bond acceptors (Lipinski definition) is 5. The second-order valence-electron chi connectivity index (χ2n) is 10.4. The number of ether oxygens (including phenoxy) is 1. The van der Waals surface area contributed by atoms with Gasteiger partial charge in [-0.05, 0) is 60.7 Å². The van der Waals surface area contributed by atoms with E-state index >= 15 is 0 Å². The molecule has 218 valence electrons. The predicted molar refractivity (Wildman–Crippen MR) is 162 cm³/mol. The third kappa shape index (κ3) is 8.21. The number of aromatic nitrogens is 1. The van der Waals surface area contributed by atoms with Gasteiger partial charge in [-0.25, -0.2) is 4.98 Å². The van der Waals surface area contributed by atoms with Crippen LogP contribution in [0, 0.1) is 11.8 Å². The smallest absolute Gasteiger partial charge is 0.311 e. The average molecular weight is 601 g/mol. The Morgan fingerprint density at radius 3 is 2.24 bits per heavy atom. The van der Waals surface area contributed by atoms with Gasteiger partial charge in [0.15, 0.2) is 0 Å². The highest BCUT2D eigenvalue weighted by molar-refractivity contribution is 6.40. The molecule has 0 saturated heterocycles. The summed E-state index contributed by atoms with van der Waals surface area (Å²) in [6.07, 6.45) is 1.66. The summed E-state index contributed by atoms with van der Waals surface area (Å²) in [5, 5.41) is 13.3. The van der Waals surface area contributed by atoms with Crippen molar-refractivity contribution < 1.29 is 24.2 Å². The van der Waals surface area contributed by atoms with Crippen molar-refractivity contribution in [1.29, 1.82) is 0 Å². The Bertz CT molecular complexity index is 1370. The van der Waals surface area contributed by atoms with Crippen molar-refractivity contribution in [3.05, 3.63) is 81.5 Å². The minimum atomic E-state index is -1.02. The number of aliphatic carboxylic acids is 1. The molecule has 0 fully saturated rings. The SMILES string of the molecule is CCOc1ccc(C(Cc2ccc(NC(=O)c3c(Cl)cccc3Cl)nc2)C(=O)O)cc1N(CC(C)C)C(=O)C(C)C. The molecule has 1 unspecified atom stereocenters. The molecule has 1 heterocycles. The van der Waals surface area contributed by atoms with Crippen molar-refractivity contribution in [2.75, 3.05) is 23.4 Å². The van der Waals surface area contributed by atoms with Gasteiger partial charge in [-0.1, -0.05) is 69.1 Å². The number of amides is 2. The second-order valence-corrected chi connectivity index (χ2v) is 11.2. The molecule has 0 spiro atoms. The van der Waals surface area contributed by atoms with Crippen molar-refractivity contribution in [2.45, 2.75) is 47.0 Å². The zero-order chi connectivity index (χ0) is 30.3. The molecule has 1 atom stereocenters. The summed E-state index contributed by atoms with van der Waals surface area (Å²) in [7, 11) is 0. The van der Waals surface area contributed by atoms with E-state index < -0.39 is 17.8 Å². The molecule has 41 heavy (non-hydrogen) atoms. The van der Waals surface area contributed by atoms with Crippen LogP contribution in [0.4, 0.5) is 11.5 Å². The zero-order valence-electron chi connectivity index (χ0n) is 23.8. The van der Waals surface area contributed by atoms with Gasteiger partial charge in [-0.15, -0.1) is 0 Å². The van der Waals surface area contributed by atoms with Gasteiger partial charge in [-0.3, -0.25) is 14.4 Å². The molecule has 10 heteroatoms. The molecular formula is C31H35Cl2N3O5. The molecule has 0 aliphatic heterocycles. The normalized spacial score (nSPS) is 11.8. The fraction of sp³-hybridized carbons (Fsp3) is 0.355. The summed E-state index contributed by atoms with van der Waals surface area (Å²) in [4.78, 5) is 44.3. The fourth-order valence-corrected chi connectivity index (χ4v) is 4.89. The first-order valence-corrected chi connectivity index (χ1v) is 14.2. The fourth-order valence-electron chi connectivity index (χ4n) is 4.32. The van der Waals surface area contributed by atoms with Crippen LogP contribution in [0.3, 0.4) is 0 Å². The molecule has 3 rings (SSSR count). The van der Waals surface area contributed by atoms with E-state index in [1.807, 2.05) is 34.6 Å².